The van der Waals surface area contributed by atoms with Crippen LogP contribution in [0.15, 0.2) is 52.9 Å². The number of carbonyl (C=O) groups excluding carboxylic acids is 1. The number of hydrogen-bond donors (Lipinski definition) is 2. The first kappa shape index (κ1) is 19.8. The number of para-hydroxylation sites is 1. The molecule has 2 atom stereocenters. The molecule has 0 saturated carbocycles. The molecule has 1 unspecified atom stereocenters. The molecule has 1 aromatic heterocycles. The van der Waals surface area contributed by atoms with Crippen molar-refractivity contribution >= 4 is 16.9 Å². The minimum Gasteiger partial charge on any atom is -0.497 e. The zero-order valence-corrected chi connectivity index (χ0v) is 16.7. The van der Waals surface area contributed by atoms with Gasteiger partial charge in [-0.1, -0.05) is 18.2 Å². The van der Waals surface area contributed by atoms with Crippen LogP contribution >= 0.6 is 0 Å². The van der Waals surface area contributed by atoms with Crippen molar-refractivity contribution in [3.8, 4) is 11.5 Å². The van der Waals surface area contributed by atoms with Gasteiger partial charge in [-0.15, -0.1) is 0 Å². The Kier molecular flexibility index (Phi) is 6.21. The lowest BCUT2D eigenvalue weighted by atomic mass is 10.1. The van der Waals surface area contributed by atoms with Crippen molar-refractivity contribution in [2.75, 3.05) is 27.8 Å². The van der Waals surface area contributed by atoms with Gasteiger partial charge in [-0.25, -0.2) is 0 Å². The van der Waals surface area contributed by atoms with Crippen LogP contribution in [0.3, 0.4) is 0 Å². The largest absolute Gasteiger partial charge is 0.497 e. The number of benzene rings is 2. The molecule has 0 aliphatic carbocycles. The number of amides is 1. The summed E-state index contributed by atoms with van der Waals surface area (Å²) in [6.45, 7) is 2.94. The molecule has 1 heterocycles. The lowest BCUT2D eigenvalue weighted by Crippen LogP contribution is -3.08. The number of nitrogens with one attached hydrogen (secondary N) is 2. The predicted molar refractivity (Wildman–Crippen MR) is 108 cm³/mol. The lowest BCUT2D eigenvalue weighted by Gasteiger charge is -2.17. The van der Waals surface area contributed by atoms with Crippen molar-refractivity contribution < 1.29 is 23.6 Å². The maximum Gasteiger partial charge on any atom is 0.275 e. The average molecular weight is 383 g/mol. The zero-order valence-electron chi connectivity index (χ0n) is 16.7. The summed E-state index contributed by atoms with van der Waals surface area (Å²) in [7, 11) is 5.24. The predicted octanol–water partition coefficient (Wildman–Crippen LogP) is 2.34. The van der Waals surface area contributed by atoms with Gasteiger partial charge in [0.1, 0.15) is 29.4 Å². The summed E-state index contributed by atoms with van der Waals surface area (Å²) >= 11 is 0. The van der Waals surface area contributed by atoms with E-state index in [4.69, 9.17) is 13.9 Å². The molecule has 2 aromatic carbocycles. The van der Waals surface area contributed by atoms with Crippen molar-refractivity contribution in [1.29, 1.82) is 0 Å². The van der Waals surface area contributed by atoms with E-state index >= 15 is 0 Å². The number of likely N-dealkylation sites (N-methyl/N-ethyl adjacent to an activating group) is 1. The van der Waals surface area contributed by atoms with Crippen molar-refractivity contribution in [3.63, 3.8) is 0 Å². The van der Waals surface area contributed by atoms with Crippen LogP contribution in [0.2, 0.25) is 0 Å². The number of methoxy groups -OCH3 is 2. The first-order chi connectivity index (χ1) is 13.5. The van der Waals surface area contributed by atoms with Crippen LogP contribution in [0, 0.1) is 0 Å². The van der Waals surface area contributed by atoms with E-state index in [1.165, 1.54) is 0 Å². The molecule has 0 aliphatic heterocycles. The molecule has 0 bridgehead atoms. The van der Waals surface area contributed by atoms with Crippen molar-refractivity contribution in [1.82, 2.24) is 5.32 Å². The fourth-order valence-electron chi connectivity index (χ4n) is 3.24. The smallest absolute Gasteiger partial charge is 0.275 e. The molecule has 0 radical (unpaired) electrons. The normalized spacial score (nSPS) is 13.1. The molecule has 6 heteroatoms. The van der Waals surface area contributed by atoms with Crippen LogP contribution in [0.1, 0.15) is 24.3 Å². The monoisotopic (exact) mass is 383 g/mol. The molecular formula is C22H27N2O4+. The summed E-state index contributed by atoms with van der Waals surface area (Å²) in [6, 6.07) is 15.3. The standard InChI is InChI=1S/C22H26N2O4/c1-15(20-11-16-7-5-6-8-19(16)28-20)23-22(25)14-24(2)13-17-9-10-18(26-3)12-21(17)27-4/h5-12,15H,13-14H2,1-4H3,(H,23,25)/p+1/t15-/m1/s1. The first-order valence-corrected chi connectivity index (χ1v) is 9.30. The van der Waals surface area contributed by atoms with Crippen molar-refractivity contribution in [3.05, 3.63) is 59.9 Å². The van der Waals surface area contributed by atoms with E-state index in [1.54, 1.807) is 14.2 Å². The number of rotatable bonds is 8. The third kappa shape index (κ3) is 4.64. The Hall–Kier alpha value is -2.99. The van der Waals surface area contributed by atoms with Crippen LogP contribution in [0.4, 0.5) is 0 Å². The number of quaternary nitrogens is 1. The highest BCUT2D eigenvalue weighted by atomic mass is 16.5. The van der Waals surface area contributed by atoms with E-state index in [0.29, 0.717) is 13.1 Å². The highest BCUT2D eigenvalue weighted by Crippen LogP contribution is 2.24. The molecular weight excluding hydrogens is 356 g/mol. The Morgan fingerprint density at radius 3 is 2.64 bits per heavy atom. The van der Waals surface area contributed by atoms with Gasteiger partial charge in [0.2, 0.25) is 0 Å². The van der Waals surface area contributed by atoms with Gasteiger partial charge in [0, 0.05) is 17.0 Å². The number of carbonyl (C=O) groups is 1. The van der Waals surface area contributed by atoms with Crippen LogP contribution in [-0.2, 0) is 11.3 Å². The summed E-state index contributed by atoms with van der Waals surface area (Å²) in [4.78, 5) is 13.5. The summed E-state index contributed by atoms with van der Waals surface area (Å²) in [5, 5.41) is 4.05. The second-order valence-electron chi connectivity index (χ2n) is 6.96. The molecule has 0 fully saturated rings. The topological polar surface area (TPSA) is 65.1 Å². The van der Waals surface area contributed by atoms with Crippen LogP contribution < -0.4 is 19.7 Å². The van der Waals surface area contributed by atoms with Crippen LogP contribution in [0.5, 0.6) is 11.5 Å². The van der Waals surface area contributed by atoms with E-state index in [0.717, 1.165) is 38.7 Å². The van der Waals surface area contributed by atoms with Gasteiger partial charge in [-0.2, -0.15) is 0 Å². The van der Waals surface area contributed by atoms with Gasteiger partial charge in [0.05, 0.1) is 27.3 Å². The van der Waals surface area contributed by atoms with E-state index in [9.17, 15) is 4.79 Å². The van der Waals surface area contributed by atoms with E-state index < -0.39 is 0 Å². The second kappa shape index (κ2) is 8.80. The minimum atomic E-state index is -0.191. The summed E-state index contributed by atoms with van der Waals surface area (Å²) in [5.74, 6) is 2.23. The van der Waals surface area contributed by atoms with E-state index in [-0.39, 0.29) is 11.9 Å². The fraction of sp³-hybridized carbons (Fsp3) is 0.318. The SMILES string of the molecule is COc1ccc(C[NH+](C)CC(=O)N[C@H](C)c2cc3ccccc3o2)c(OC)c1. The Morgan fingerprint density at radius 1 is 1.14 bits per heavy atom. The van der Waals surface area contributed by atoms with E-state index in [2.05, 4.69) is 5.32 Å². The molecule has 2 N–H and O–H groups in total. The number of fused-ring (bicyclic) bond motifs is 1. The summed E-state index contributed by atoms with van der Waals surface area (Å²) < 4.78 is 16.5. The van der Waals surface area contributed by atoms with Crippen LogP contribution in [-0.4, -0.2) is 33.7 Å². The van der Waals surface area contributed by atoms with Gasteiger partial charge in [0.25, 0.3) is 5.91 Å². The number of furan rings is 1. The third-order valence-electron chi connectivity index (χ3n) is 4.70. The molecule has 148 valence electrons. The maximum absolute atomic E-state index is 12.5. The molecule has 3 aromatic rings. The third-order valence-corrected chi connectivity index (χ3v) is 4.70. The van der Waals surface area contributed by atoms with Crippen LogP contribution in [0.25, 0.3) is 11.0 Å². The first-order valence-electron chi connectivity index (χ1n) is 9.30. The minimum absolute atomic E-state index is 0.0297. The maximum atomic E-state index is 12.5. The van der Waals surface area contributed by atoms with Gasteiger partial charge < -0.3 is 24.1 Å². The Morgan fingerprint density at radius 2 is 1.93 bits per heavy atom. The molecule has 3 rings (SSSR count). The molecule has 0 aliphatic rings. The summed E-state index contributed by atoms with van der Waals surface area (Å²) in [6.07, 6.45) is 0. The lowest BCUT2D eigenvalue weighted by molar-refractivity contribution is -0.885. The molecule has 6 nitrogen and oxygen atoms in total. The highest BCUT2D eigenvalue weighted by Gasteiger charge is 2.18. The van der Waals surface area contributed by atoms with Gasteiger partial charge in [0.15, 0.2) is 6.54 Å². The molecule has 0 saturated heterocycles. The van der Waals surface area contributed by atoms with Gasteiger partial charge in [-0.3, -0.25) is 4.79 Å². The number of ether oxygens (including phenoxy) is 2. The quantitative estimate of drug-likeness (QED) is 0.627. The molecule has 1 amide bonds. The average Bonchev–Trinajstić information content (AvgIpc) is 3.12. The highest BCUT2D eigenvalue weighted by molar-refractivity contribution is 5.79. The van der Waals surface area contributed by atoms with Crippen molar-refractivity contribution in [2.24, 2.45) is 0 Å². The van der Waals surface area contributed by atoms with E-state index in [1.807, 2.05) is 62.5 Å². The second-order valence-corrected chi connectivity index (χ2v) is 6.96. The molecule has 0 spiro atoms. The Bertz CT molecular complexity index is 918. The zero-order chi connectivity index (χ0) is 20.1. The Balaban J connectivity index is 1.58. The van der Waals surface area contributed by atoms with Crippen molar-refractivity contribution in [2.45, 2.75) is 19.5 Å². The van der Waals surface area contributed by atoms with Gasteiger partial charge in [-0.05, 0) is 31.2 Å². The number of hydrogen-bond acceptors (Lipinski definition) is 4. The Labute approximate surface area is 165 Å². The molecule has 28 heavy (non-hydrogen) atoms. The fourth-order valence-corrected chi connectivity index (χ4v) is 3.24. The van der Waals surface area contributed by atoms with Gasteiger partial charge >= 0.3 is 0 Å². The summed E-state index contributed by atoms with van der Waals surface area (Å²) in [5.41, 5.74) is 1.85.